The maximum atomic E-state index is 12.0. The molecule has 1 amide bonds. The molecule has 0 heterocycles. The lowest BCUT2D eigenvalue weighted by molar-refractivity contribution is -0.120. The van der Waals surface area contributed by atoms with Crippen molar-refractivity contribution >= 4 is 21.6 Å². The Balaban J connectivity index is 3.21. The molecule has 0 aliphatic rings. The quantitative estimate of drug-likeness (QED) is 0.806. The van der Waals surface area contributed by atoms with E-state index in [-0.39, 0.29) is 18.3 Å². The highest BCUT2D eigenvalue weighted by Gasteiger charge is 2.24. The Morgan fingerprint density at radius 3 is 2.36 bits per heavy atom. The van der Waals surface area contributed by atoms with Gasteiger partial charge >= 0.3 is 0 Å². The zero-order valence-electron chi connectivity index (χ0n) is 13.4. The molecule has 0 aliphatic heterocycles. The second-order valence-electron chi connectivity index (χ2n) is 5.03. The van der Waals surface area contributed by atoms with E-state index in [2.05, 4.69) is 5.32 Å². The lowest BCUT2D eigenvalue weighted by Gasteiger charge is -2.24. The molecule has 0 saturated carbocycles. The smallest absolute Gasteiger partial charge is 0.240 e. The summed E-state index contributed by atoms with van der Waals surface area (Å²) in [5.41, 5.74) is 0.282. The van der Waals surface area contributed by atoms with Crippen LogP contribution in [0, 0.1) is 0 Å². The molecule has 1 aromatic carbocycles. The van der Waals surface area contributed by atoms with E-state index in [0.29, 0.717) is 11.5 Å². The van der Waals surface area contributed by atoms with Gasteiger partial charge in [-0.1, -0.05) is 0 Å². The summed E-state index contributed by atoms with van der Waals surface area (Å²) in [6, 6.07) is 4.64. The predicted octanol–water partition coefficient (Wildman–Crippen LogP) is 0.994. The van der Waals surface area contributed by atoms with Crippen LogP contribution in [0.3, 0.4) is 0 Å². The highest BCUT2D eigenvalue weighted by molar-refractivity contribution is 7.92. The second-order valence-corrected chi connectivity index (χ2v) is 6.94. The normalized spacial score (nSPS) is 11.2. The number of amides is 1. The fourth-order valence-corrected chi connectivity index (χ4v) is 2.73. The topological polar surface area (TPSA) is 84.9 Å². The molecule has 0 aliphatic carbocycles. The molecule has 0 unspecified atom stereocenters. The van der Waals surface area contributed by atoms with Crippen LogP contribution in [-0.4, -0.2) is 47.4 Å². The van der Waals surface area contributed by atoms with Crippen molar-refractivity contribution in [3.8, 4) is 11.5 Å². The summed E-state index contributed by atoms with van der Waals surface area (Å²) in [5.74, 6) is 0.445. The van der Waals surface area contributed by atoms with Gasteiger partial charge in [0.25, 0.3) is 0 Å². The number of carbonyl (C=O) groups is 1. The van der Waals surface area contributed by atoms with Crippen LogP contribution < -0.4 is 19.1 Å². The summed E-state index contributed by atoms with van der Waals surface area (Å²) in [5, 5.41) is 2.66. The van der Waals surface area contributed by atoms with Crippen molar-refractivity contribution in [2.24, 2.45) is 0 Å². The van der Waals surface area contributed by atoms with Gasteiger partial charge in [0.1, 0.15) is 18.0 Å². The zero-order valence-corrected chi connectivity index (χ0v) is 14.2. The van der Waals surface area contributed by atoms with Gasteiger partial charge in [0.2, 0.25) is 15.9 Å². The number of ether oxygens (including phenoxy) is 2. The van der Waals surface area contributed by atoms with Crippen LogP contribution in [-0.2, 0) is 14.8 Å². The Morgan fingerprint density at radius 1 is 1.27 bits per heavy atom. The third kappa shape index (κ3) is 4.80. The number of nitrogens with one attached hydrogen (secondary N) is 1. The minimum absolute atomic E-state index is 0.0772. The van der Waals surface area contributed by atoms with Gasteiger partial charge in [-0.05, 0) is 26.0 Å². The first kappa shape index (κ1) is 18.1. The van der Waals surface area contributed by atoms with E-state index >= 15 is 0 Å². The molecule has 0 atom stereocenters. The number of methoxy groups -OCH3 is 2. The standard InChI is InChI=1S/C14H22N2O5S/c1-10(2)15-14(17)9-16(22(5,18)19)12-7-6-11(20-3)8-13(12)21-4/h6-8,10H,9H2,1-5H3,(H,15,17). The van der Waals surface area contributed by atoms with Crippen LogP contribution in [0.2, 0.25) is 0 Å². The van der Waals surface area contributed by atoms with E-state index < -0.39 is 15.9 Å². The third-order valence-electron chi connectivity index (χ3n) is 2.79. The molecule has 0 radical (unpaired) electrons. The van der Waals surface area contributed by atoms with Crippen LogP contribution in [0.4, 0.5) is 5.69 Å². The van der Waals surface area contributed by atoms with E-state index in [4.69, 9.17) is 9.47 Å². The van der Waals surface area contributed by atoms with Crippen molar-refractivity contribution in [3.05, 3.63) is 18.2 Å². The number of benzene rings is 1. The Bertz CT molecular complexity index is 628. The molecule has 0 aromatic heterocycles. The Hall–Kier alpha value is -1.96. The number of nitrogens with zero attached hydrogens (tertiary/aromatic N) is 1. The molecule has 0 saturated heterocycles. The predicted molar refractivity (Wildman–Crippen MR) is 85.0 cm³/mol. The highest BCUT2D eigenvalue weighted by Crippen LogP contribution is 2.33. The average molecular weight is 330 g/mol. The maximum absolute atomic E-state index is 12.0. The summed E-state index contributed by atoms with van der Waals surface area (Å²) in [6.45, 7) is 3.28. The van der Waals surface area contributed by atoms with Gasteiger partial charge in [0.15, 0.2) is 0 Å². The second kappa shape index (κ2) is 7.35. The van der Waals surface area contributed by atoms with Crippen molar-refractivity contribution in [1.29, 1.82) is 0 Å². The van der Waals surface area contributed by atoms with Gasteiger partial charge in [0.05, 0.1) is 26.2 Å². The van der Waals surface area contributed by atoms with Gasteiger partial charge in [-0.25, -0.2) is 8.42 Å². The number of sulfonamides is 1. The van der Waals surface area contributed by atoms with Crippen molar-refractivity contribution < 1.29 is 22.7 Å². The van der Waals surface area contributed by atoms with Crippen molar-refractivity contribution in [2.75, 3.05) is 31.3 Å². The summed E-state index contributed by atoms with van der Waals surface area (Å²) in [7, 11) is -0.727. The summed E-state index contributed by atoms with van der Waals surface area (Å²) < 4.78 is 35.4. The van der Waals surface area contributed by atoms with Crippen molar-refractivity contribution in [2.45, 2.75) is 19.9 Å². The number of hydrogen-bond acceptors (Lipinski definition) is 5. The van der Waals surface area contributed by atoms with E-state index in [0.717, 1.165) is 10.6 Å². The van der Waals surface area contributed by atoms with E-state index in [1.54, 1.807) is 32.0 Å². The van der Waals surface area contributed by atoms with Gasteiger partial charge in [-0.2, -0.15) is 0 Å². The van der Waals surface area contributed by atoms with Crippen LogP contribution in [0.5, 0.6) is 11.5 Å². The molecule has 0 spiro atoms. The first-order valence-corrected chi connectivity index (χ1v) is 8.53. The van der Waals surface area contributed by atoms with E-state index in [1.807, 2.05) is 0 Å². The lowest BCUT2D eigenvalue weighted by atomic mass is 10.2. The van der Waals surface area contributed by atoms with Crippen LogP contribution in [0.1, 0.15) is 13.8 Å². The molecule has 1 aromatic rings. The number of rotatable bonds is 7. The van der Waals surface area contributed by atoms with E-state index in [1.165, 1.54) is 14.2 Å². The Morgan fingerprint density at radius 2 is 1.91 bits per heavy atom. The zero-order chi connectivity index (χ0) is 16.9. The molecule has 1 rings (SSSR count). The highest BCUT2D eigenvalue weighted by atomic mass is 32.2. The van der Waals surface area contributed by atoms with E-state index in [9.17, 15) is 13.2 Å². The first-order chi connectivity index (χ1) is 10.2. The van der Waals surface area contributed by atoms with Gasteiger partial charge in [0, 0.05) is 12.1 Å². The molecule has 22 heavy (non-hydrogen) atoms. The molecular weight excluding hydrogens is 308 g/mol. The molecule has 124 valence electrons. The third-order valence-corrected chi connectivity index (χ3v) is 3.92. The van der Waals surface area contributed by atoms with Gasteiger partial charge < -0.3 is 14.8 Å². The molecule has 0 fully saturated rings. The summed E-state index contributed by atoms with van der Waals surface area (Å²) >= 11 is 0. The molecule has 1 N–H and O–H groups in total. The van der Waals surface area contributed by atoms with Crippen molar-refractivity contribution in [1.82, 2.24) is 5.32 Å². The van der Waals surface area contributed by atoms with Crippen LogP contribution in [0.25, 0.3) is 0 Å². The SMILES string of the molecule is COc1ccc(N(CC(=O)NC(C)C)S(C)(=O)=O)c(OC)c1. The number of carbonyl (C=O) groups excluding carboxylic acids is 1. The van der Waals surface area contributed by atoms with Gasteiger partial charge in [-0.15, -0.1) is 0 Å². The fourth-order valence-electron chi connectivity index (χ4n) is 1.87. The molecule has 8 heteroatoms. The lowest BCUT2D eigenvalue weighted by Crippen LogP contribution is -2.42. The summed E-state index contributed by atoms with van der Waals surface area (Å²) in [6.07, 6.45) is 1.04. The maximum Gasteiger partial charge on any atom is 0.240 e. The largest absolute Gasteiger partial charge is 0.497 e. The van der Waals surface area contributed by atoms with Crippen LogP contribution in [0.15, 0.2) is 18.2 Å². The van der Waals surface area contributed by atoms with Gasteiger partial charge in [-0.3, -0.25) is 9.10 Å². The molecule has 0 bridgehead atoms. The molecular formula is C14H22N2O5S. The monoisotopic (exact) mass is 330 g/mol. The number of hydrogen-bond donors (Lipinski definition) is 1. The Labute approximate surface area is 131 Å². The minimum Gasteiger partial charge on any atom is -0.497 e. The number of anilines is 1. The minimum atomic E-state index is -3.65. The molecule has 7 nitrogen and oxygen atoms in total. The summed E-state index contributed by atoms with van der Waals surface area (Å²) in [4.78, 5) is 11.9. The Kier molecular flexibility index (Phi) is 6.04. The van der Waals surface area contributed by atoms with Crippen molar-refractivity contribution in [3.63, 3.8) is 0 Å². The van der Waals surface area contributed by atoms with Crippen LogP contribution >= 0.6 is 0 Å². The fraction of sp³-hybridized carbons (Fsp3) is 0.500. The average Bonchev–Trinajstić information content (AvgIpc) is 2.42. The first-order valence-electron chi connectivity index (χ1n) is 6.68.